The standard InChI is InChI=1S/C28H36N4O7/c1-19-9-8-14-32(19,28(37)38)25(16-22(33)15-20-10-4-2-5-11-20)31(26(35)23(29)17-24(30)34)27(36)39-18-21-12-6-3-7-13-21/h2-7,10-13,19,22-23,25,33H,8-9,14-18,29H2,1H3,(H2-,30,34,37,38)/p+1/t19-,22+,23+,25?,32?/m1/s1. The van der Waals surface area contributed by atoms with Crippen LogP contribution in [0.2, 0.25) is 0 Å². The first-order valence-corrected chi connectivity index (χ1v) is 13.0. The Bertz CT molecular complexity index is 1150. The van der Waals surface area contributed by atoms with Crippen molar-refractivity contribution in [3.63, 3.8) is 0 Å². The highest BCUT2D eigenvalue weighted by Gasteiger charge is 2.57. The first-order chi connectivity index (χ1) is 18.6. The Balaban J connectivity index is 2.03. The van der Waals surface area contributed by atoms with Crippen LogP contribution >= 0.6 is 0 Å². The van der Waals surface area contributed by atoms with E-state index in [9.17, 15) is 29.4 Å². The molecule has 0 aromatic heterocycles. The summed E-state index contributed by atoms with van der Waals surface area (Å²) in [5, 5.41) is 21.6. The number of carbonyl (C=O) groups excluding carboxylic acids is 3. The number of ether oxygens (including phenoxy) is 1. The highest BCUT2D eigenvalue weighted by molar-refractivity contribution is 5.97. The molecule has 1 aliphatic heterocycles. The van der Waals surface area contributed by atoms with Gasteiger partial charge in [0.25, 0.3) is 5.91 Å². The first kappa shape index (κ1) is 29.8. The number of aliphatic hydroxyl groups is 1. The van der Waals surface area contributed by atoms with E-state index in [1.54, 1.807) is 37.3 Å². The lowest BCUT2D eigenvalue weighted by Gasteiger charge is -2.44. The summed E-state index contributed by atoms with van der Waals surface area (Å²) in [7, 11) is 0. The van der Waals surface area contributed by atoms with Gasteiger partial charge in [-0.15, -0.1) is 0 Å². The summed E-state index contributed by atoms with van der Waals surface area (Å²) in [6.07, 6.45) is -4.38. The van der Waals surface area contributed by atoms with E-state index in [4.69, 9.17) is 16.2 Å². The Hall–Kier alpha value is -3.80. The van der Waals surface area contributed by atoms with Crippen molar-refractivity contribution in [3.05, 3.63) is 71.8 Å². The zero-order chi connectivity index (χ0) is 28.6. The maximum Gasteiger partial charge on any atom is 0.515 e. The van der Waals surface area contributed by atoms with Crippen LogP contribution < -0.4 is 11.5 Å². The number of quaternary nitrogens is 1. The molecular weight excluding hydrogens is 504 g/mol. The quantitative estimate of drug-likeness (QED) is 0.314. The van der Waals surface area contributed by atoms with Gasteiger partial charge in [0.15, 0.2) is 6.17 Å². The maximum absolute atomic E-state index is 13.6. The predicted molar refractivity (Wildman–Crippen MR) is 142 cm³/mol. The van der Waals surface area contributed by atoms with Crippen molar-refractivity contribution >= 4 is 24.0 Å². The van der Waals surface area contributed by atoms with Crippen molar-refractivity contribution < 1.29 is 38.6 Å². The summed E-state index contributed by atoms with van der Waals surface area (Å²) < 4.78 is 4.81. The van der Waals surface area contributed by atoms with Crippen LogP contribution in [0.25, 0.3) is 0 Å². The van der Waals surface area contributed by atoms with Crippen LogP contribution in [0.3, 0.4) is 0 Å². The molecule has 210 valence electrons. The van der Waals surface area contributed by atoms with Crippen molar-refractivity contribution in [1.82, 2.24) is 4.90 Å². The molecule has 1 saturated heterocycles. The number of aliphatic hydroxyl groups excluding tert-OH is 1. The molecule has 0 radical (unpaired) electrons. The van der Waals surface area contributed by atoms with Gasteiger partial charge in [-0.25, -0.2) is 9.28 Å². The Morgan fingerprint density at radius 2 is 1.64 bits per heavy atom. The molecule has 2 unspecified atom stereocenters. The maximum atomic E-state index is 13.6. The van der Waals surface area contributed by atoms with E-state index in [1.807, 2.05) is 30.3 Å². The molecule has 1 aliphatic rings. The van der Waals surface area contributed by atoms with Crippen LogP contribution in [0.1, 0.15) is 43.7 Å². The smallest absolute Gasteiger partial charge is 0.444 e. The van der Waals surface area contributed by atoms with Crippen LogP contribution in [-0.2, 0) is 27.4 Å². The minimum atomic E-state index is -1.51. The van der Waals surface area contributed by atoms with Gasteiger partial charge in [0.2, 0.25) is 5.91 Å². The van der Waals surface area contributed by atoms with Crippen LogP contribution in [0.5, 0.6) is 0 Å². The SMILES string of the molecule is C[C@@H]1CCC[N+]1(C(=O)O)C(C[C@@H](O)Cc1ccccc1)N(C(=O)OCc1ccccc1)C(=O)[C@@H](N)CC(N)=O. The fourth-order valence-electron chi connectivity index (χ4n) is 5.30. The minimum Gasteiger partial charge on any atom is -0.444 e. The lowest BCUT2D eigenvalue weighted by molar-refractivity contribution is -0.901. The van der Waals surface area contributed by atoms with Gasteiger partial charge in [0.05, 0.1) is 31.2 Å². The zero-order valence-electron chi connectivity index (χ0n) is 22.0. The summed E-state index contributed by atoms with van der Waals surface area (Å²) in [4.78, 5) is 52.4. The van der Waals surface area contributed by atoms with Gasteiger partial charge in [-0.05, 0) is 24.5 Å². The van der Waals surface area contributed by atoms with Crippen LogP contribution in [0.4, 0.5) is 9.59 Å². The van der Waals surface area contributed by atoms with Crippen LogP contribution in [0.15, 0.2) is 60.7 Å². The highest BCUT2D eigenvalue weighted by atomic mass is 16.6. The number of nitrogens with two attached hydrogens (primary N) is 2. The van der Waals surface area contributed by atoms with E-state index in [0.717, 1.165) is 5.56 Å². The summed E-state index contributed by atoms with van der Waals surface area (Å²) in [5.41, 5.74) is 12.7. The van der Waals surface area contributed by atoms with Crippen LogP contribution in [-0.4, -0.2) is 74.5 Å². The molecule has 5 atom stereocenters. The van der Waals surface area contributed by atoms with Gasteiger partial charge in [-0.1, -0.05) is 60.7 Å². The molecule has 0 aliphatic carbocycles. The average molecular weight is 542 g/mol. The molecule has 4 amide bonds. The Labute approximate surface area is 227 Å². The third-order valence-corrected chi connectivity index (χ3v) is 7.30. The summed E-state index contributed by atoms with van der Waals surface area (Å²) in [6, 6.07) is 15.9. The van der Waals surface area contributed by atoms with Crippen molar-refractivity contribution in [2.45, 2.75) is 70.0 Å². The summed E-state index contributed by atoms with van der Waals surface area (Å²) in [5.74, 6) is -1.85. The van der Waals surface area contributed by atoms with E-state index in [2.05, 4.69) is 0 Å². The number of nitrogens with zero attached hydrogens (tertiary/aromatic N) is 2. The van der Waals surface area contributed by atoms with E-state index >= 15 is 0 Å². The number of likely N-dealkylation sites (tertiary alicyclic amines) is 1. The fourth-order valence-corrected chi connectivity index (χ4v) is 5.30. The Morgan fingerprint density at radius 1 is 1.05 bits per heavy atom. The Morgan fingerprint density at radius 3 is 2.15 bits per heavy atom. The molecule has 6 N–H and O–H groups in total. The molecular formula is C28H37N4O7+. The lowest BCUT2D eigenvalue weighted by Crippen LogP contribution is -2.70. The van der Waals surface area contributed by atoms with E-state index in [1.165, 1.54) is 0 Å². The second kappa shape index (κ2) is 13.3. The van der Waals surface area contributed by atoms with Crippen molar-refractivity contribution in [1.29, 1.82) is 0 Å². The molecule has 39 heavy (non-hydrogen) atoms. The topological polar surface area (TPSA) is 173 Å². The zero-order valence-corrected chi connectivity index (χ0v) is 22.0. The summed E-state index contributed by atoms with van der Waals surface area (Å²) in [6.45, 7) is 1.68. The Kier molecular flexibility index (Phi) is 10.2. The van der Waals surface area contributed by atoms with Gasteiger partial charge in [0, 0.05) is 19.3 Å². The second-order valence-electron chi connectivity index (χ2n) is 10.0. The molecule has 1 fully saturated rings. The third kappa shape index (κ3) is 7.20. The molecule has 3 rings (SSSR count). The molecule has 2 aromatic rings. The van der Waals surface area contributed by atoms with Gasteiger partial charge in [-0.3, -0.25) is 9.59 Å². The van der Waals surface area contributed by atoms with Gasteiger partial charge >= 0.3 is 12.2 Å². The fraction of sp³-hybridized carbons (Fsp3) is 0.429. The lowest BCUT2D eigenvalue weighted by atomic mass is 10.0. The second-order valence-corrected chi connectivity index (χ2v) is 10.0. The van der Waals surface area contributed by atoms with Gasteiger partial charge < -0.3 is 26.4 Å². The molecule has 0 saturated carbocycles. The molecule has 0 bridgehead atoms. The first-order valence-electron chi connectivity index (χ1n) is 13.0. The van der Waals surface area contributed by atoms with Crippen molar-refractivity contribution in [2.75, 3.05) is 6.54 Å². The minimum absolute atomic E-state index is 0.125. The molecule has 11 heteroatoms. The summed E-state index contributed by atoms with van der Waals surface area (Å²) >= 11 is 0. The number of amides is 4. The number of benzene rings is 2. The number of carbonyl (C=O) groups is 4. The predicted octanol–water partition coefficient (Wildman–Crippen LogP) is 2.35. The number of hydrogen-bond donors (Lipinski definition) is 4. The number of imide groups is 1. The third-order valence-electron chi connectivity index (χ3n) is 7.30. The van der Waals surface area contributed by atoms with Crippen molar-refractivity contribution in [2.24, 2.45) is 11.5 Å². The normalized spacial score (nSPS) is 20.9. The van der Waals surface area contributed by atoms with E-state index in [-0.39, 0.29) is 26.0 Å². The average Bonchev–Trinajstić information content (AvgIpc) is 3.29. The number of hydrogen-bond acceptors (Lipinski definition) is 7. The highest BCUT2D eigenvalue weighted by Crippen LogP contribution is 2.35. The number of primary amides is 1. The van der Waals surface area contributed by atoms with Crippen LogP contribution in [0, 0.1) is 0 Å². The van der Waals surface area contributed by atoms with E-state index < -0.39 is 59.3 Å². The van der Waals surface area contributed by atoms with E-state index in [0.29, 0.717) is 23.3 Å². The van der Waals surface area contributed by atoms with Crippen molar-refractivity contribution in [3.8, 4) is 0 Å². The molecule has 2 aromatic carbocycles. The van der Waals surface area contributed by atoms with Gasteiger partial charge in [-0.2, -0.15) is 9.69 Å². The monoisotopic (exact) mass is 541 g/mol. The molecule has 11 nitrogen and oxygen atoms in total. The molecule has 1 heterocycles. The molecule has 0 spiro atoms. The van der Waals surface area contributed by atoms with Gasteiger partial charge in [0.1, 0.15) is 6.61 Å². The largest absolute Gasteiger partial charge is 0.515 e. The number of carboxylic acid groups (broad SMARTS) is 1. The number of rotatable bonds is 11.